The first-order valence-corrected chi connectivity index (χ1v) is 8.09. The number of benzene rings is 1. The van der Waals surface area contributed by atoms with E-state index in [0.29, 0.717) is 17.6 Å². The van der Waals surface area contributed by atoms with Crippen LogP contribution in [0.15, 0.2) is 18.2 Å². The van der Waals surface area contributed by atoms with E-state index in [4.69, 9.17) is 0 Å². The van der Waals surface area contributed by atoms with Crippen molar-refractivity contribution < 1.29 is 8.78 Å². The summed E-state index contributed by atoms with van der Waals surface area (Å²) in [4.78, 5) is 2.15. The number of rotatable bonds is 2. The molecule has 0 spiro atoms. The molecule has 3 rings (SSSR count). The van der Waals surface area contributed by atoms with Crippen LogP contribution in [0.5, 0.6) is 0 Å². The predicted octanol–water partition coefficient (Wildman–Crippen LogP) is 3.71. The molecular weight excluding hydrogens is 270 g/mol. The molecule has 0 bridgehead atoms. The van der Waals surface area contributed by atoms with Crippen LogP contribution in [-0.2, 0) is 0 Å². The molecule has 0 amide bonds. The van der Waals surface area contributed by atoms with Crippen LogP contribution < -0.4 is 10.2 Å². The van der Waals surface area contributed by atoms with Crippen LogP contribution in [0.1, 0.15) is 39.0 Å². The Labute approximate surface area is 125 Å². The van der Waals surface area contributed by atoms with Crippen molar-refractivity contribution in [1.29, 1.82) is 0 Å². The summed E-state index contributed by atoms with van der Waals surface area (Å²) in [5.74, 6) is -0.290. The Balaban J connectivity index is 1.76. The van der Waals surface area contributed by atoms with Gasteiger partial charge in [0.1, 0.15) is 11.6 Å². The normalized spacial score (nSPS) is 27.9. The fourth-order valence-corrected chi connectivity index (χ4v) is 3.81. The molecule has 1 aromatic carbocycles. The Morgan fingerprint density at radius 2 is 1.71 bits per heavy atom. The van der Waals surface area contributed by atoms with Gasteiger partial charge in [-0.15, -0.1) is 0 Å². The molecule has 116 valence electrons. The van der Waals surface area contributed by atoms with E-state index in [9.17, 15) is 8.78 Å². The van der Waals surface area contributed by atoms with Crippen LogP contribution in [-0.4, -0.2) is 25.2 Å². The SMILES string of the molecule is CC1CNC(C2CCCCC2)CN1c1cc(F)cc(F)c1. The van der Waals surface area contributed by atoms with Crippen molar-refractivity contribution in [2.24, 2.45) is 5.92 Å². The summed E-state index contributed by atoms with van der Waals surface area (Å²) >= 11 is 0. The highest BCUT2D eigenvalue weighted by atomic mass is 19.1. The summed E-state index contributed by atoms with van der Waals surface area (Å²) in [7, 11) is 0. The summed E-state index contributed by atoms with van der Waals surface area (Å²) in [6.45, 7) is 3.82. The fraction of sp³-hybridized carbons (Fsp3) is 0.647. The molecule has 2 unspecified atom stereocenters. The first-order chi connectivity index (χ1) is 10.1. The molecule has 1 aliphatic carbocycles. The predicted molar refractivity (Wildman–Crippen MR) is 81.5 cm³/mol. The highest BCUT2D eigenvalue weighted by Gasteiger charge is 2.31. The lowest BCUT2D eigenvalue weighted by molar-refractivity contribution is 0.245. The summed E-state index contributed by atoms with van der Waals surface area (Å²) in [5.41, 5.74) is 0.669. The molecular formula is C17H24F2N2. The van der Waals surface area contributed by atoms with Gasteiger partial charge < -0.3 is 10.2 Å². The molecule has 1 saturated heterocycles. The van der Waals surface area contributed by atoms with Crippen LogP contribution in [0.4, 0.5) is 14.5 Å². The minimum absolute atomic E-state index is 0.256. The minimum Gasteiger partial charge on any atom is -0.366 e. The van der Waals surface area contributed by atoms with E-state index in [1.807, 2.05) is 0 Å². The van der Waals surface area contributed by atoms with E-state index >= 15 is 0 Å². The number of halogens is 2. The Morgan fingerprint density at radius 3 is 2.38 bits per heavy atom. The van der Waals surface area contributed by atoms with Gasteiger partial charge in [0.05, 0.1) is 0 Å². The maximum atomic E-state index is 13.5. The molecule has 2 nitrogen and oxygen atoms in total. The Bertz CT molecular complexity index is 465. The van der Waals surface area contributed by atoms with Crippen LogP contribution in [0.25, 0.3) is 0 Å². The molecule has 0 radical (unpaired) electrons. The molecule has 2 aliphatic rings. The van der Waals surface area contributed by atoms with Crippen molar-refractivity contribution in [1.82, 2.24) is 5.32 Å². The summed E-state index contributed by atoms with van der Waals surface area (Å²) < 4.78 is 27.0. The second-order valence-electron chi connectivity index (χ2n) is 6.54. The third kappa shape index (κ3) is 3.37. The van der Waals surface area contributed by atoms with E-state index in [2.05, 4.69) is 17.1 Å². The molecule has 4 heteroatoms. The summed E-state index contributed by atoms with van der Waals surface area (Å²) in [6.07, 6.45) is 6.52. The third-order valence-corrected chi connectivity index (χ3v) is 5.00. The van der Waals surface area contributed by atoms with Gasteiger partial charge in [0.2, 0.25) is 0 Å². The first-order valence-electron chi connectivity index (χ1n) is 8.09. The Kier molecular flexibility index (Phi) is 4.43. The molecule has 1 aliphatic heterocycles. The van der Waals surface area contributed by atoms with Crippen LogP contribution >= 0.6 is 0 Å². The monoisotopic (exact) mass is 294 g/mol. The van der Waals surface area contributed by atoms with Gasteiger partial charge in [-0.1, -0.05) is 19.3 Å². The lowest BCUT2D eigenvalue weighted by atomic mass is 9.82. The highest BCUT2D eigenvalue weighted by molar-refractivity contribution is 5.48. The van der Waals surface area contributed by atoms with Crippen molar-refractivity contribution in [3.8, 4) is 0 Å². The Morgan fingerprint density at radius 1 is 1.05 bits per heavy atom. The average molecular weight is 294 g/mol. The zero-order valence-electron chi connectivity index (χ0n) is 12.6. The summed E-state index contributed by atoms with van der Waals surface area (Å²) in [5, 5.41) is 3.64. The maximum absolute atomic E-state index is 13.5. The van der Waals surface area contributed by atoms with Crippen molar-refractivity contribution in [2.45, 2.75) is 51.1 Å². The van der Waals surface area contributed by atoms with Gasteiger partial charge in [-0.05, 0) is 37.8 Å². The fourth-order valence-electron chi connectivity index (χ4n) is 3.81. The van der Waals surface area contributed by atoms with Gasteiger partial charge in [0.15, 0.2) is 0 Å². The third-order valence-electron chi connectivity index (χ3n) is 5.00. The lowest BCUT2D eigenvalue weighted by Gasteiger charge is -2.44. The maximum Gasteiger partial charge on any atom is 0.128 e. The van der Waals surface area contributed by atoms with Crippen molar-refractivity contribution in [3.63, 3.8) is 0 Å². The number of piperazine rings is 1. The number of hydrogen-bond acceptors (Lipinski definition) is 2. The quantitative estimate of drug-likeness (QED) is 0.894. The van der Waals surface area contributed by atoms with E-state index in [1.54, 1.807) is 0 Å². The highest BCUT2D eigenvalue weighted by Crippen LogP contribution is 2.30. The van der Waals surface area contributed by atoms with E-state index in [0.717, 1.165) is 19.2 Å². The number of anilines is 1. The van der Waals surface area contributed by atoms with Crippen molar-refractivity contribution in [3.05, 3.63) is 29.8 Å². The van der Waals surface area contributed by atoms with E-state index < -0.39 is 11.6 Å². The van der Waals surface area contributed by atoms with Gasteiger partial charge in [-0.2, -0.15) is 0 Å². The summed E-state index contributed by atoms with van der Waals surface area (Å²) in [6, 6.07) is 4.53. The Hall–Kier alpha value is -1.16. The lowest BCUT2D eigenvalue weighted by Crippen LogP contribution is -2.58. The smallest absolute Gasteiger partial charge is 0.128 e. The largest absolute Gasteiger partial charge is 0.366 e. The molecule has 1 heterocycles. The average Bonchev–Trinajstić information content (AvgIpc) is 2.47. The van der Waals surface area contributed by atoms with Gasteiger partial charge in [0, 0.05) is 36.9 Å². The number of nitrogens with zero attached hydrogens (tertiary/aromatic N) is 1. The van der Waals surface area contributed by atoms with Crippen LogP contribution in [0.3, 0.4) is 0 Å². The molecule has 2 atom stereocenters. The molecule has 0 aromatic heterocycles. The molecule has 1 saturated carbocycles. The van der Waals surface area contributed by atoms with Crippen molar-refractivity contribution in [2.75, 3.05) is 18.0 Å². The van der Waals surface area contributed by atoms with Gasteiger partial charge in [0.25, 0.3) is 0 Å². The standard InChI is InChI=1S/C17H24F2N2/c1-12-10-20-17(13-5-3-2-4-6-13)11-21(12)16-8-14(18)7-15(19)9-16/h7-9,12-13,17,20H,2-6,10-11H2,1H3. The van der Waals surface area contributed by atoms with Gasteiger partial charge in [-0.25, -0.2) is 8.78 Å². The minimum atomic E-state index is -0.495. The first kappa shape index (κ1) is 14.8. The number of hydrogen-bond donors (Lipinski definition) is 1. The van der Waals surface area contributed by atoms with Gasteiger partial charge in [-0.3, -0.25) is 0 Å². The van der Waals surface area contributed by atoms with Crippen LogP contribution in [0.2, 0.25) is 0 Å². The van der Waals surface area contributed by atoms with E-state index in [1.165, 1.54) is 44.2 Å². The van der Waals surface area contributed by atoms with Crippen molar-refractivity contribution >= 4 is 5.69 Å². The second-order valence-corrected chi connectivity index (χ2v) is 6.54. The topological polar surface area (TPSA) is 15.3 Å². The molecule has 2 fully saturated rings. The molecule has 1 N–H and O–H groups in total. The van der Waals surface area contributed by atoms with Gasteiger partial charge >= 0.3 is 0 Å². The zero-order chi connectivity index (χ0) is 14.8. The molecule has 1 aromatic rings. The second kappa shape index (κ2) is 6.30. The van der Waals surface area contributed by atoms with E-state index in [-0.39, 0.29) is 6.04 Å². The zero-order valence-corrected chi connectivity index (χ0v) is 12.6. The number of nitrogens with one attached hydrogen (secondary N) is 1. The van der Waals surface area contributed by atoms with Crippen LogP contribution in [0, 0.1) is 17.6 Å². The molecule has 21 heavy (non-hydrogen) atoms.